The van der Waals surface area contributed by atoms with Crippen LogP contribution in [-0.4, -0.2) is 110 Å². The lowest BCUT2D eigenvalue weighted by molar-refractivity contribution is -0.301. The largest absolute Gasteiger partial charge is 0.394 e. The van der Waals surface area contributed by atoms with Gasteiger partial charge in [-0.05, 0) is 12.1 Å². The smallest absolute Gasteiger partial charge is 0.244 e. The van der Waals surface area contributed by atoms with E-state index >= 15 is 0 Å². The molecule has 6 N–H and O–H groups in total. The molecule has 3 rings (SSSR count). The second-order valence-corrected chi connectivity index (χ2v) is 10.3. The van der Waals surface area contributed by atoms with E-state index in [9.17, 15) is 33.6 Å². The van der Waals surface area contributed by atoms with Gasteiger partial charge in [-0.25, -0.2) is 8.42 Å². The van der Waals surface area contributed by atoms with E-state index in [1.165, 1.54) is 6.07 Å². The number of nitrogens with two attached hydrogens (primary N) is 1. The van der Waals surface area contributed by atoms with Crippen LogP contribution in [0.3, 0.4) is 0 Å². The molecule has 5 atom stereocenters. The average molecular weight is 514 g/mol. The highest BCUT2D eigenvalue weighted by Crippen LogP contribution is 2.31. The molecule has 1 amide bonds. The van der Waals surface area contributed by atoms with Crippen LogP contribution in [0.15, 0.2) is 41.3 Å². The van der Waals surface area contributed by atoms with Crippen molar-refractivity contribution in [3.05, 3.63) is 36.4 Å². The van der Waals surface area contributed by atoms with Gasteiger partial charge in [0.2, 0.25) is 15.9 Å². The molecule has 1 fully saturated rings. The predicted molar refractivity (Wildman–Crippen MR) is 126 cm³/mol. The summed E-state index contributed by atoms with van der Waals surface area (Å²) in [6.07, 6.45) is -7.45. The lowest BCUT2D eigenvalue weighted by Gasteiger charge is -2.39. The Morgan fingerprint density at radius 3 is 2.34 bits per heavy atom. The van der Waals surface area contributed by atoms with E-state index in [0.29, 0.717) is 10.8 Å². The maximum Gasteiger partial charge on any atom is 0.244 e. The maximum absolute atomic E-state index is 13.6. The molecule has 12 nitrogen and oxygen atoms in total. The van der Waals surface area contributed by atoms with Crippen molar-refractivity contribution in [1.29, 1.82) is 0 Å². The molecule has 1 aliphatic rings. The number of nitrogens with zero attached hydrogens (tertiary/aromatic N) is 2. The van der Waals surface area contributed by atoms with Gasteiger partial charge >= 0.3 is 0 Å². The number of rotatable bonds is 10. The zero-order chi connectivity index (χ0) is 25.9. The van der Waals surface area contributed by atoms with Gasteiger partial charge < -0.3 is 40.5 Å². The van der Waals surface area contributed by atoms with E-state index in [4.69, 9.17) is 15.2 Å². The van der Waals surface area contributed by atoms with E-state index in [1.54, 1.807) is 24.3 Å². The molecule has 35 heavy (non-hydrogen) atoms. The average Bonchev–Trinajstić information content (AvgIpc) is 2.82. The first-order valence-electron chi connectivity index (χ1n) is 10.9. The normalized spacial score (nSPS) is 25.2. The Morgan fingerprint density at radius 1 is 1.06 bits per heavy atom. The molecule has 1 saturated heterocycles. The summed E-state index contributed by atoms with van der Waals surface area (Å²) in [6.45, 7) is -1.93. The molecule has 2 aromatic carbocycles. The van der Waals surface area contributed by atoms with Crippen LogP contribution < -0.4 is 10.6 Å². The minimum absolute atomic E-state index is 0.0206. The molecule has 0 bridgehead atoms. The van der Waals surface area contributed by atoms with E-state index in [2.05, 4.69) is 0 Å². The highest BCUT2D eigenvalue weighted by molar-refractivity contribution is 7.89. The van der Waals surface area contributed by atoms with Crippen molar-refractivity contribution in [1.82, 2.24) is 4.31 Å². The third kappa shape index (κ3) is 5.73. The number of anilines is 1. The van der Waals surface area contributed by atoms with E-state index in [-0.39, 0.29) is 18.0 Å². The zero-order valence-electron chi connectivity index (χ0n) is 19.4. The summed E-state index contributed by atoms with van der Waals surface area (Å²) in [4.78, 5) is 13.5. The second kappa shape index (κ2) is 11.1. The number of hydrogen-bond acceptors (Lipinski definition) is 10. The fourth-order valence-corrected chi connectivity index (χ4v) is 5.55. The van der Waals surface area contributed by atoms with Crippen LogP contribution in [0.5, 0.6) is 0 Å². The Morgan fingerprint density at radius 2 is 1.71 bits per heavy atom. The van der Waals surface area contributed by atoms with Gasteiger partial charge in [-0.1, -0.05) is 24.3 Å². The predicted octanol–water partition coefficient (Wildman–Crippen LogP) is -1.80. The first kappa shape index (κ1) is 27.2. The maximum atomic E-state index is 13.6. The van der Waals surface area contributed by atoms with Crippen LogP contribution in [-0.2, 0) is 24.3 Å². The molecule has 0 aromatic heterocycles. The SMILES string of the molecule is CN(C)c1cccc2c(S(=O)(=O)N(CCO[C@H]3O[C@@H](CO)[C@@H](O)[C@H](O)[C@H]3O)CC(N)=O)cccc12. The Hall–Kier alpha value is -2.36. The van der Waals surface area contributed by atoms with Crippen molar-refractivity contribution in [2.45, 2.75) is 35.6 Å². The van der Waals surface area contributed by atoms with Crippen LogP contribution in [0, 0.1) is 0 Å². The molecular formula is C22H31N3O9S. The molecular weight excluding hydrogens is 482 g/mol. The summed E-state index contributed by atoms with van der Waals surface area (Å²) in [6, 6.07) is 10.1. The van der Waals surface area contributed by atoms with Gasteiger partial charge in [0.25, 0.3) is 0 Å². The molecule has 1 heterocycles. The number of carbonyl (C=O) groups is 1. The van der Waals surface area contributed by atoms with Gasteiger partial charge in [-0.15, -0.1) is 0 Å². The lowest BCUT2D eigenvalue weighted by atomic mass is 9.99. The number of ether oxygens (including phenoxy) is 2. The van der Waals surface area contributed by atoms with Crippen molar-refractivity contribution in [2.75, 3.05) is 45.3 Å². The molecule has 1 aliphatic heterocycles. The topological polar surface area (TPSA) is 183 Å². The molecule has 194 valence electrons. The van der Waals surface area contributed by atoms with E-state index in [0.717, 1.165) is 9.99 Å². The van der Waals surface area contributed by atoms with Crippen molar-refractivity contribution < 1.29 is 43.1 Å². The molecule has 0 radical (unpaired) electrons. The second-order valence-electron chi connectivity index (χ2n) is 8.40. The molecule has 13 heteroatoms. The zero-order valence-corrected chi connectivity index (χ0v) is 20.2. The van der Waals surface area contributed by atoms with Gasteiger partial charge in [0, 0.05) is 37.1 Å². The Balaban J connectivity index is 1.85. The highest BCUT2D eigenvalue weighted by Gasteiger charge is 2.44. The number of amides is 1. The number of fused-ring (bicyclic) bond motifs is 1. The fraction of sp³-hybridized carbons (Fsp3) is 0.500. The van der Waals surface area contributed by atoms with Crippen LogP contribution in [0.1, 0.15) is 0 Å². The number of aliphatic hydroxyl groups is 4. The van der Waals surface area contributed by atoms with Gasteiger partial charge in [0.1, 0.15) is 24.4 Å². The van der Waals surface area contributed by atoms with Crippen molar-refractivity contribution in [2.24, 2.45) is 5.73 Å². The minimum atomic E-state index is -4.22. The Labute approximate surface area is 203 Å². The van der Waals surface area contributed by atoms with Crippen molar-refractivity contribution in [3.8, 4) is 0 Å². The summed E-state index contributed by atoms with van der Waals surface area (Å²) in [5.74, 6) is -0.879. The summed E-state index contributed by atoms with van der Waals surface area (Å²) >= 11 is 0. The van der Waals surface area contributed by atoms with Crippen LogP contribution in [0.2, 0.25) is 0 Å². The summed E-state index contributed by atoms with van der Waals surface area (Å²) < 4.78 is 38.7. The number of sulfonamides is 1. The summed E-state index contributed by atoms with van der Waals surface area (Å²) in [7, 11) is -0.537. The lowest BCUT2D eigenvalue weighted by Crippen LogP contribution is -2.59. The van der Waals surface area contributed by atoms with Gasteiger partial charge in [-0.3, -0.25) is 4.79 Å². The van der Waals surface area contributed by atoms with E-state index in [1.807, 2.05) is 25.1 Å². The van der Waals surface area contributed by atoms with Crippen molar-refractivity contribution >= 4 is 32.4 Å². The number of aliphatic hydroxyl groups excluding tert-OH is 4. The molecule has 0 unspecified atom stereocenters. The van der Waals surface area contributed by atoms with Gasteiger partial charge in [0.15, 0.2) is 6.29 Å². The van der Waals surface area contributed by atoms with Crippen molar-refractivity contribution in [3.63, 3.8) is 0 Å². The molecule has 2 aromatic rings. The van der Waals surface area contributed by atoms with Crippen LogP contribution in [0.25, 0.3) is 10.8 Å². The molecule has 0 spiro atoms. The third-order valence-corrected chi connectivity index (χ3v) is 7.67. The van der Waals surface area contributed by atoms with Crippen LogP contribution >= 0.6 is 0 Å². The summed E-state index contributed by atoms with van der Waals surface area (Å²) in [5.41, 5.74) is 6.12. The first-order valence-corrected chi connectivity index (χ1v) is 12.3. The third-order valence-electron chi connectivity index (χ3n) is 5.76. The highest BCUT2D eigenvalue weighted by atomic mass is 32.2. The van der Waals surface area contributed by atoms with E-state index < -0.39 is 59.8 Å². The first-order chi connectivity index (χ1) is 16.5. The van der Waals surface area contributed by atoms with Gasteiger partial charge in [0.05, 0.1) is 24.7 Å². The molecule has 0 saturated carbocycles. The molecule has 0 aliphatic carbocycles. The fourth-order valence-electron chi connectivity index (χ4n) is 3.95. The number of primary amides is 1. The number of hydrogen-bond donors (Lipinski definition) is 5. The minimum Gasteiger partial charge on any atom is -0.394 e. The number of carbonyl (C=O) groups excluding carboxylic acids is 1. The number of benzene rings is 2. The Kier molecular flexibility index (Phi) is 8.67. The Bertz CT molecular complexity index is 1140. The standard InChI is InChI=1S/C22H31N3O9S/c1-24(2)15-7-3-6-14-13(15)5-4-8-17(14)35(31,32)25(11-18(23)27)9-10-33-22-21(30)20(29)19(28)16(12-26)34-22/h3-8,16,19-22,26,28-30H,9-12H2,1-2H3,(H2,23,27)/t16-,19+,20-,21+,22-/m0/s1. The monoisotopic (exact) mass is 513 g/mol. The van der Waals surface area contributed by atoms with Crippen LogP contribution in [0.4, 0.5) is 5.69 Å². The quantitative estimate of drug-likeness (QED) is 0.243. The summed E-state index contributed by atoms with van der Waals surface area (Å²) in [5, 5.41) is 40.3. The van der Waals surface area contributed by atoms with Gasteiger partial charge in [-0.2, -0.15) is 4.31 Å².